The Morgan fingerprint density at radius 3 is 2.59 bits per heavy atom. The Bertz CT molecular complexity index is 871. The van der Waals surface area contributed by atoms with Crippen LogP contribution in [-0.2, 0) is 10.9 Å². The molecule has 2 heterocycles. The molecule has 2 aromatic rings. The van der Waals surface area contributed by atoms with Gasteiger partial charge in [0.2, 0.25) is 5.88 Å². The van der Waals surface area contributed by atoms with Crippen LogP contribution < -0.4 is 10.1 Å². The fraction of sp³-hybridized carbons (Fsp3) is 0.444. The molecular weight excluding hydrogens is 393 g/mol. The van der Waals surface area contributed by atoms with Crippen molar-refractivity contribution in [3.63, 3.8) is 0 Å². The van der Waals surface area contributed by atoms with Crippen LogP contribution in [0, 0.1) is 11.3 Å². The molecule has 0 bridgehead atoms. The average molecular weight is 412 g/mol. The molecule has 2 rings (SSSR count). The average Bonchev–Trinajstić information content (AvgIpc) is 3.13. The second-order valence-corrected chi connectivity index (χ2v) is 6.90. The third-order valence-electron chi connectivity index (χ3n) is 3.37. The Hall–Kier alpha value is -3.29. The highest BCUT2D eigenvalue weighted by molar-refractivity contribution is 5.67. The molecule has 0 aliphatic heterocycles. The van der Waals surface area contributed by atoms with Crippen molar-refractivity contribution in [2.45, 2.75) is 45.1 Å². The number of nitriles is 1. The van der Waals surface area contributed by atoms with Crippen molar-refractivity contribution in [3.8, 4) is 11.9 Å². The molecule has 0 aliphatic carbocycles. The number of rotatable bonds is 6. The first-order valence-electron chi connectivity index (χ1n) is 8.52. The topological polar surface area (TPSA) is 110 Å². The maximum absolute atomic E-state index is 13.0. The van der Waals surface area contributed by atoms with Gasteiger partial charge in [-0.2, -0.15) is 18.4 Å². The number of aromatic nitrogens is 2. The van der Waals surface area contributed by atoms with Gasteiger partial charge in [-0.25, -0.2) is 9.78 Å². The van der Waals surface area contributed by atoms with Crippen LogP contribution >= 0.6 is 0 Å². The zero-order valence-electron chi connectivity index (χ0n) is 15.9. The number of carbonyl (C=O) groups excluding carboxylic acids is 1. The number of alkyl carbamates (subject to hydrolysis) is 1. The quantitative estimate of drug-likeness (QED) is 0.764. The van der Waals surface area contributed by atoms with E-state index >= 15 is 0 Å². The number of alkyl halides is 3. The summed E-state index contributed by atoms with van der Waals surface area (Å²) >= 11 is 0. The fourth-order valence-electron chi connectivity index (χ4n) is 2.18. The first kappa shape index (κ1) is 22.0. The number of pyridine rings is 1. The second-order valence-electron chi connectivity index (χ2n) is 6.90. The monoisotopic (exact) mass is 412 g/mol. The van der Waals surface area contributed by atoms with Crippen molar-refractivity contribution in [2.75, 3.05) is 6.54 Å². The Kier molecular flexibility index (Phi) is 6.68. The van der Waals surface area contributed by atoms with Gasteiger partial charge in [-0.1, -0.05) is 5.16 Å². The molecule has 0 unspecified atom stereocenters. The number of hydrogen-bond acceptors (Lipinski definition) is 7. The summed E-state index contributed by atoms with van der Waals surface area (Å²) in [4.78, 5) is 15.2. The summed E-state index contributed by atoms with van der Waals surface area (Å²) in [6.07, 6.45) is -4.89. The second kappa shape index (κ2) is 8.81. The van der Waals surface area contributed by atoms with Crippen molar-refractivity contribution in [2.24, 2.45) is 0 Å². The predicted octanol–water partition coefficient (Wildman–Crippen LogP) is 3.99. The third kappa shape index (κ3) is 6.67. The van der Waals surface area contributed by atoms with Gasteiger partial charge >= 0.3 is 12.3 Å². The molecule has 1 N–H and O–H groups in total. The summed E-state index contributed by atoms with van der Waals surface area (Å²) in [6, 6.07) is 4.86. The van der Waals surface area contributed by atoms with Gasteiger partial charge in [-0.15, -0.1) is 0 Å². The van der Waals surface area contributed by atoms with Crippen molar-refractivity contribution in [1.82, 2.24) is 15.5 Å². The highest BCUT2D eigenvalue weighted by Gasteiger charge is 2.34. The summed E-state index contributed by atoms with van der Waals surface area (Å²) in [5, 5.41) is 15.2. The van der Waals surface area contributed by atoms with Gasteiger partial charge in [0, 0.05) is 19.0 Å². The highest BCUT2D eigenvalue weighted by atomic mass is 19.4. The van der Waals surface area contributed by atoms with E-state index in [1.54, 1.807) is 26.8 Å². The normalized spacial score (nSPS) is 12.7. The van der Waals surface area contributed by atoms with E-state index in [1.165, 1.54) is 12.3 Å². The van der Waals surface area contributed by atoms with E-state index in [1.807, 2.05) is 0 Å². The van der Waals surface area contributed by atoms with Crippen molar-refractivity contribution >= 4 is 6.09 Å². The number of nitrogens with zero attached hydrogens (tertiary/aromatic N) is 3. The van der Waals surface area contributed by atoms with Gasteiger partial charge in [-0.3, -0.25) is 0 Å². The Labute approximate surface area is 164 Å². The lowest BCUT2D eigenvalue weighted by molar-refractivity contribution is -0.141. The Morgan fingerprint density at radius 2 is 2.03 bits per heavy atom. The molecule has 0 saturated heterocycles. The van der Waals surface area contributed by atoms with Crippen LogP contribution in [0.1, 0.15) is 50.3 Å². The number of carbonyl (C=O) groups is 1. The number of nitrogens with one attached hydrogen (secondary N) is 1. The Morgan fingerprint density at radius 1 is 1.31 bits per heavy atom. The van der Waals surface area contributed by atoms with Gasteiger partial charge in [0.1, 0.15) is 22.9 Å². The third-order valence-corrected chi connectivity index (χ3v) is 3.37. The molecule has 29 heavy (non-hydrogen) atoms. The summed E-state index contributed by atoms with van der Waals surface area (Å²) in [5.74, 6) is -0.305. The van der Waals surface area contributed by atoms with E-state index in [2.05, 4.69) is 15.5 Å². The molecule has 2 aromatic heterocycles. The van der Waals surface area contributed by atoms with Crippen LogP contribution in [0.4, 0.5) is 18.0 Å². The molecule has 0 saturated carbocycles. The minimum atomic E-state index is -4.70. The highest BCUT2D eigenvalue weighted by Crippen LogP contribution is 2.32. The molecule has 0 aromatic carbocycles. The van der Waals surface area contributed by atoms with E-state index in [9.17, 15) is 18.0 Å². The first-order valence-corrected chi connectivity index (χ1v) is 8.52. The molecule has 0 radical (unpaired) electrons. The largest absolute Gasteiger partial charge is 0.465 e. The molecule has 11 heteroatoms. The first-order chi connectivity index (χ1) is 13.5. The number of halogens is 3. The minimum Gasteiger partial charge on any atom is -0.465 e. The van der Waals surface area contributed by atoms with Crippen LogP contribution in [-0.4, -0.2) is 28.4 Å². The standard InChI is InChI=1S/C18H19F3N4O4/c1-17(2,3)28-16(26)23-8-6-12(13-7-9-24-29-13)27-15-11(10-22)4-5-14(25-15)18(19,20)21/h4-5,7,9,12H,6,8H2,1-3H3,(H,23,26)/t12-/m1/s1. The van der Waals surface area contributed by atoms with E-state index in [0.717, 1.165) is 6.07 Å². The smallest absolute Gasteiger partial charge is 0.433 e. The number of hydrogen-bond donors (Lipinski definition) is 1. The minimum absolute atomic E-state index is 0.0567. The summed E-state index contributed by atoms with van der Waals surface area (Å²) < 4.78 is 54.5. The maximum atomic E-state index is 13.0. The van der Waals surface area contributed by atoms with Crippen LogP contribution in [0.15, 0.2) is 28.9 Å². The molecule has 0 spiro atoms. The maximum Gasteiger partial charge on any atom is 0.433 e. The number of amides is 1. The van der Waals surface area contributed by atoms with Gasteiger partial charge in [0.25, 0.3) is 0 Å². The molecule has 0 aliphatic rings. The predicted molar refractivity (Wildman–Crippen MR) is 92.7 cm³/mol. The molecular formula is C18H19F3N4O4. The van der Waals surface area contributed by atoms with Crippen LogP contribution in [0.3, 0.4) is 0 Å². The molecule has 0 fully saturated rings. The van der Waals surface area contributed by atoms with Gasteiger partial charge in [0.15, 0.2) is 11.9 Å². The van der Waals surface area contributed by atoms with E-state index in [-0.39, 0.29) is 24.3 Å². The van der Waals surface area contributed by atoms with E-state index in [4.69, 9.17) is 19.3 Å². The molecule has 156 valence electrons. The zero-order chi connectivity index (χ0) is 21.7. The summed E-state index contributed by atoms with van der Waals surface area (Å²) in [6.45, 7) is 5.17. The van der Waals surface area contributed by atoms with Gasteiger partial charge in [0.05, 0.1) is 6.20 Å². The van der Waals surface area contributed by atoms with E-state index in [0.29, 0.717) is 6.07 Å². The van der Waals surface area contributed by atoms with Crippen molar-refractivity contribution in [1.29, 1.82) is 5.26 Å². The van der Waals surface area contributed by atoms with Crippen LogP contribution in [0.5, 0.6) is 5.88 Å². The SMILES string of the molecule is CC(C)(C)OC(=O)NCC[C@@H](Oc1nc(C(F)(F)F)ccc1C#N)c1ccno1. The lowest BCUT2D eigenvalue weighted by Gasteiger charge is -2.21. The van der Waals surface area contributed by atoms with Crippen molar-refractivity contribution < 1.29 is 32.0 Å². The molecule has 1 amide bonds. The molecule has 1 atom stereocenters. The summed E-state index contributed by atoms with van der Waals surface area (Å²) in [5.41, 5.74) is -2.06. The van der Waals surface area contributed by atoms with Gasteiger partial charge < -0.3 is 19.3 Å². The number of ether oxygens (including phenoxy) is 2. The van der Waals surface area contributed by atoms with Crippen molar-refractivity contribution in [3.05, 3.63) is 41.4 Å². The summed E-state index contributed by atoms with van der Waals surface area (Å²) in [7, 11) is 0. The van der Waals surface area contributed by atoms with Crippen LogP contribution in [0.25, 0.3) is 0 Å². The zero-order valence-corrected chi connectivity index (χ0v) is 15.9. The van der Waals surface area contributed by atoms with E-state index < -0.39 is 35.5 Å². The van der Waals surface area contributed by atoms with Gasteiger partial charge in [-0.05, 0) is 32.9 Å². The lowest BCUT2D eigenvalue weighted by atomic mass is 10.2. The Balaban J connectivity index is 2.16. The fourth-order valence-corrected chi connectivity index (χ4v) is 2.18. The molecule has 8 nitrogen and oxygen atoms in total. The lowest BCUT2D eigenvalue weighted by Crippen LogP contribution is -2.33. The van der Waals surface area contributed by atoms with Crippen LogP contribution in [0.2, 0.25) is 0 Å².